The summed E-state index contributed by atoms with van der Waals surface area (Å²) in [5.74, 6) is 2.24. The summed E-state index contributed by atoms with van der Waals surface area (Å²) in [5.41, 5.74) is 5.68. The Bertz CT molecular complexity index is 1430. The van der Waals surface area contributed by atoms with Crippen LogP contribution >= 0.6 is 0 Å². The highest BCUT2D eigenvalue weighted by molar-refractivity contribution is 6.15. The fourth-order valence-electron chi connectivity index (χ4n) is 4.32. The Hall–Kier alpha value is -3.99. The van der Waals surface area contributed by atoms with Crippen LogP contribution < -0.4 is 14.2 Å². The van der Waals surface area contributed by atoms with Crippen molar-refractivity contribution in [2.45, 2.75) is 33.9 Å². The van der Waals surface area contributed by atoms with Gasteiger partial charge in [0.15, 0.2) is 5.76 Å². The minimum Gasteiger partial charge on any atom is -0.497 e. The van der Waals surface area contributed by atoms with E-state index >= 15 is 0 Å². The van der Waals surface area contributed by atoms with Crippen LogP contribution in [0.25, 0.3) is 17.0 Å². The lowest BCUT2D eigenvalue weighted by atomic mass is 10.1. The normalized spacial score (nSPS) is 13.9. The van der Waals surface area contributed by atoms with Gasteiger partial charge in [-0.1, -0.05) is 29.8 Å². The van der Waals surface area contributed by atoms with E-state index in [2.05, 4.69) is 42.7 Å². The fourth-order valence-corrected chi connectivity index (χ4v) is 4.32. The molecule has 1 aromatic heterocycles. The zero-order valence-corrected chi connectivity index (χ0v) is 19.8. The molecule has 0 atom stereocenters. The molecular weight excluding hydrogens is 426 g/mol. The Morgan fingerprint density at radius 3 is 2.56 bits per heavy atom. The molecule has 0 bridgehead atoms. The van der Waals surface area contributed by atoms with E-state index in [0.29, 0.717) is 29.4 Å². The van der Waals surface area contributed by atoms with E-state index in [1.165, 1.54) is 5.56 Å². The first-order valence-corrected chi connectivity index (χ1v) is 11.4. The Morgan fingerprint density at radius 2 is 1.82 bits per heavy atom. The smallest absolute Gasteiger partial charge is 0.231 e. The lowest BCUT2D eigenvalue weighted by Crippen LogP contribution is -1.98. The van der Waals surface area contributed by atoms with E-state index in [1.54, 1.807) is 13.2 Å². The molecule has 4 aromatic rings. The number of carbonyl (C=O) groups is 1. The SMILES string of the molecule is CCn1cc(/C=C2/Oc3c(ccc(OCc4ccc(C)cc4)c3C)C2=O)c2cc(OC)ccc21. The third-order valence-electron chi connectivity index (χ3n) is 6.30. The molecule has 172 valence electrons. The molecular formula is C29H27NO4. The van der Waals surface area contributed by atoms with Crippen LogP contribution in [0.5, 0.6) is 17.2 Å². The Morgan fingerprint density at radius 1 is 1.03 bits per heavy atom. The topological polar surface area (TPSA) is 49.7 Å². The van der Waals surface area contributed by atoms with Crippen molar-refractivity contribution in [3.05, 3.63) is 94.4 Å². The van der Waals surface area contributed by atoms with Gasteiger partial charge in [-0.05, 0) is 62.7 Å². The van der Waals surface area contributed by atoms with Crippen molar-refractivity contribution < 1.29 is 19.0 Å². The van der Waals surface area contributed by atoms with Crippen LogP contribution in [0.2, 0.25) is 0 Å². The first kappa shape index (κ1) is 21.8. The number of carbonyl (C=O) groups excluding carboxylic acids is 1. The summed E-state index contributed by atoms with van der Waals surface area (Å²) in [5, 5.41) is 1.01. The maximum Gasteiger partial charge on any atom is 0.231 e. The van der Waals surface area contributed by atoms with E-state index in [4.69, 9.17) is 14.2 Å². The van der Waals surface area contributed by atoms with Gasteiger partial charge in [0.05, 0.1) is 12.7 Å². The molecule has 2 heterocycles. The molecule has 0 fully saturated rings. The molecule has 1 aliphatic rings. The van der Waals surface area contributed by atoms with Gasteiger partial charge in [0.1, 0.15) is 23.9 Å². The number of nitrogens with zero attached hydrogens (tertiary/aromatic N) is 1. The molecule has 5 heteroatoms. The summed E-state index contributed by atoms with van der Waals surface area (Å²) in [7, 11) is 1.65. The fraction of sp³-hybridized carbons (Fsp3) is 0.207. The molecule has 0 spiro atoms. The lowest BCUT2D eigenvalue weighted by Gasteiger charge is -2.11. The molecule has 0 aliphatic carbocycles. The van der Waals surface area contributed by atoms with Crippen molar-refractivity contribution in [3.8, 4) is 17.2 Å². The predicted octanol–water partition coefficient (Wildman–Crippen LogP) is 6.48. The summed E-state index contributed by atoms with van der Waals surface area (Å²) in [6.07, 6.45) is 3.86. The molecule has 1 aliphatic heterocycles. The number of aromatic nitrogens is 1. The first-order valence-electron chi connectivity index (χ1n) is 11.4. The van der Waals surface area contributed by atoms with Crippen LogP contribution in [-0.2, 0) is 13.2 Å². The van der Waals surface area contributed by atoms with Gasteiger partial charge in [-0.3, -0.25) is 4.79 Å². The minimum atomic E-state index is -0.122. The van der Waals surface area contributed by atoms with E-state index in [9.17, 15) is 4.79 Å². The zero-order valence-electron chi connectivity index (χ0n) is 19.8. The molecule has 34 heavy (non-hydrogen) atoms. The second-order valence-corrected chi connectivity index (χ2v) is 8.53. The van der Waals surface area contributed by atoms with Gasteiger partial charge >= 0.3 is 0 Å². The van der Waals surface area contributed by atoms with Crippen LogP contribution in [-0.4, -0.2) is 17.5 Å². The molecule has 3 aromatic carbocycles. The number of hydrogen-bond donors (Lipinski definition) is 0. The summed E-state index contributed by atoms with van der Waals surface area (Å²) in [6, 6.07) is 17.8. The van der Waals surface area contributed by atoms with Crippen LogP contribution in [0.3, 0.4) is 0 Å². The number of methoxy groups -OCH3 is 1. The van der Waals surface area contributed by atoms with E-state index in [0.717, 1.165) is 39.9 Å². The van der Waals surface area contributed by atoms with Crippen LogP contribution in [0.1, 0.15) is 39.5 Å². The Balaban J connectivity index is 1.45. The predicted molar refractivity (Wildman–Crippen MR) is 134 cm³/mol. The third kappa shape index (κ3) is 3.83. The molecule has 5 nitrogen and oxygen atoms in total. The van der Waals surface area contributed by atoms with Crippen LogP contribution in [0.15, 0.2) is 66.6 Å². The van der Waals surface area contributed by atoms with Crippen LogP contribution in [0, 0.1) is 13.8 Å². The van der Waals surface area contributed by atoms with Crippen molar-refractivity contribution in [3.63, 3.8) is 0 Å². The summed E-state index contributed by atoms with van der Waals surface area (Å²) in [6.45, 7) is 7.35. The molecule has 0 amide bonds. The van der Waals surface area contributed by atoms with E-state index < -0.39 is 0 Å². The number of ether oxygens (including phenoxy) is 3. The van der Waals surface area contributed by atoms with Gasteiger partial charge in [0.2, 0.25) is 5.78 Å². The van der Waals surface area contributed by atoms with Crippen molar-refractivity contribution in [1.29, 1.82) is 0 Å². The second kappa shape index (κ2) is 8.75. The van der Waals surface area contributed by atoms with Gasteiger partial charge in [0.25, 0.3) is 0 Å². The highest BCUT2D eigenvalue weighted by atomic mass is 16.5. The zero-order chi connectivity index (χ0) is 23.8. The lowest BCUT2D eigenvalue weighted by molar-refractivity contribution is 0.101. The van der Waals surface area contributed by atoms with Crippen molar-refractivity contribution in [2.24, 2.45) is 0 Å². The molecule has 0 saturated heterocycles. The third-order valence-corrected chi connectivity index (χ3v) is 6.30. The molecule has 5 rings (SSSR count). The van der Waals surface area contributed by atoms with Gasteiger partial charge in [-0.2, -0.15) is 0 Å². The van der Waals surface area contributed by atoms with Gasteiger partial charge in [-0.25, -0.2) is 0 Å². The van der Waals surface area contributed by atoms with Gasteiger partial charge < -0.3 is 18.8 Å². The maximum absolute atomic E-state index is 13.1. The largest absolute Gasteiger partial charge is 0.497 e. The molecule has 0 unspecified atom stereocenters. The monoisotopic (exact) mass is 453 g/mol. The van der Waals surface area contributed by atoms with Crippen LogP contribution in [0.4, 0.5) is 0 Å². The van der Waals surface area contributed by atoms with E-state index in [1.807, 2.05) is 43.5 Å². The highest BCUT2D eigenvalue weighted by Crippen LogP contribution is 2.40. The average Bonchev–Trinajstić information content (AvgIpc) is 3.37. The maximum atomic E-state index is 13.1. The second-order valence-electron chi connectivity index (χ2n) is 8.53. The van der Waals surface area contributed by atoms with Crippen molar-refractivity contribution in [2.75, 3.05) is 7.11 Å². The molecule has 0 radical (unpaired) electrons. The number of Topliss-reactive ketones (excluding diaryl/α,β-unsaturated/α-hetero) is 1. The van der Waals surface area contributed by atoms with Crippen molar-refractivity contribution >= 4 is 22.8 Å². The summed E-state index contributed by atoms with van der Waals surface area (Å²) >= 11 is 0. The average molecular weight is 454 g/mol. The minimum absolute atomic E-state index is 0.122. The number of fused-ring (bicyclic) bond motifs is 2. The summed E-state index contributed by atoms with van der Waals surface area (Å²) in [4.78, 5) is 13.1. The van der Waals surface area contributed by atoms with E-state index in [-0.39, 0.29) is 5.78 Å². The molecule has 0 saturated carbocycles. The number of benzene rings is 3. The Kier molecular flexibility index (Phi) is 5.62. The van der Waals surface area contributed by atoms with Crippen molar-refractivity contribution in [1.82, 2.24) is 4.57 Å². The number of ketones is 1. The standard InChI is InChI=1S/C29H27NO4/c1-5-30-16-21(24-15-22(32-4)10-12-25(24)30)14-27-28(31)23-11-13-26(19(3)29(23)34-27)33-17-20-8-6-18(2)7-9-20/h6-16H,5,17H2,1-4H3/b27-14+. The quantitative estimate of drug-likeness (QED) is 0.314. The number of rotatable bonds is 6. The summed E-state index contributed by atoms with van der Waals surface area (Å²) < 4.78 is 19.7. The Labute approximate surface area is 199 Å². The first-order chi connectivity index (χ1) is 16.5. The van der Waals surface area contributed by atoms with Gasteiger partial charge in [-0.15, -0.1) is 0 Å². The van der Waals surface area contributed by atoms with Gasteiger partial charge in [0, 0.05) is 34.8 Å². The number of aryl methyl sites for hydroxylation is 2. The highest BCUT2D eigenvalue weighted by Gasteiger charge is 2.30. The number of hydrogen-bond acceptors (Lipinski definition) is 4. The number of allylic oxidation sites excluding steroid dienone is 1. The molecule has 0 N–H and O–H groups in total.